The van der Waals surface area contributed by atoms with Gasteiger partial charge in [0.25, 0.3) is 0 Å². The van der Waals surface area contributed by atoms with Gasteiger partial charge in [-0.1, -0.05) is 68.3 Å². The number of hydrogen-bond donors (Lipinski definition) is 2. The summed E-state index contributed by atoms with van der Waals surface area (Å²) in [5.74, 6) is -1.28. The minimum atomic E-state index is -1.01. The highest BCUT2D eigenvalue weighted by atomic mass is 16.5. The number of carboxylic acid groups (broad SMARTS) is 1. The number of alkyl carbamates (subject to hydrolysis) is 1. The number of carbonyl (C=O) groups is 3. The molecule has 1 unspecified atom stereocenters. The smallest absolute Gasteiger partial charge is 0.407 e. The predicted octanol–water partition coefficient (Wildman–Crippen LogP) is 4.94. The van der Waals surface area contributed by atoms with Crippen LogP contribution in [0.4, 0.5) is 4.79 Å². The molecule has 0 saturated heterocycles. The molecule has 0 bridgehead atoms. The first-order chi connectivity index (χ1) is 16.9. The lowest BCUT2D eigenvalue weighted by Crippen LogP contribution is -2.47. The van der Waals surface area contributed by atoms with Crippen molar-refractivity contribution < 1.29 is 24.2 Å². The normalized spacial score (nSPS) is 16.1. The summed E-state index contributed by atoms with van der Waals surface area (Å²) in [4.78, 5) is 38.8. The Bertz CT molecular complexity index is 1040. The van der Waals surface area contributed by atoms with Crippen LogP contribution in [0.1, 0.15) is 69.4 Å². The minimum Gasteiger partial charge on any atom is -0.480 e. The average Bonchev–Trinajstić information content (AvgIpc) is 3.63. The van der Waals surface area contributed by atoms with Crippen molar-refractivity contribution in [3.8, 4) is 11.1 Å². The number of fused-ring (bicyclic) bond motifs is 3. The highest BCUT2D eigenvalue weighted by Crippen LogP contribution is 2.44. The van der Waals surface area contributed by atoms with Crippen molar-refractivity contribution in [2.75, 3.05) is 6.61 Å². The number of aliphatic carboxylic acids is 1. The van der Waals surface area contributed by atoms with Crippen LogP contribution in [-0.4, -0.2) is 52.7 Å². The van der Waals surface area contributed by atoms with Crippen LogP contribution in [0.5, 0.6) is 0 Å². The Kier molecular flexibility index (Phi) is 7.73. The van der Waals surface area contributed by atoms with Gasteiger partial charge in [-0.2, -0.15) is 0 Å². The number of ether oxygens (including phenoxy) is 1. The largest absolute Gasteiger partial charge is 0.480 e. The molecule has 2 aromatic rings. The summed E-state index contributed by atoms with van der Waals surface area (Å²) < 4.78 is 5.67. The number of unbranched alkanes of at least 4 members (excludes halogenated alkanes) is 1. The fourth-order valence-corrected chi connectivity index (χ4v) is 5.01. The van der Waals surface area contributed by atoms with Gasteiger partial charge in [-0.3, -0.25) is 4.79 Å². The monoisotopic (exact) mass is 478 g/mol. The van der Waals surface area contributed by atoms with Gasteiger partial charge in [0.2, 0.25) is 5.91 Å². The first-order valence-corrected chi connectivity index (χ1v) is 12.6. The zero-order chi connectivity index (χ0) is 24.9. The molecule has 7 heteroatoms. The highest BCUT2D eigenvalue weighted by Gasteiger charge is 2.39. The van der Waals surface area contributed by atoms with Gasteiger partial charge in [-0.15, -0.1) is 0 Å². The summed E-state index contributed by atoms with van der Waals surface area (Å²) in [6, 6.07) is 15.0. The molecular weight excluding hydrogens is 444 g/mol. The van der Waals surface area contributed by atoms with Crippen molar-refractivity contribution in [3.05, 3.63) is 59.7 Å². The SMILES string of the molecule is CCCC[C@@H](CC(=O)N(C1CC1)C(C)C(=O)O)NC(=O)OCC1c2ccccc2-c2ccccc21. The zero-order valence-corrected chi connectivity index (χ0v) is 20.4. The highest BCUT2D eigenvalue weighted by molar-refractivity contribution is 5.85. The molecule has 1 saturated carbocycles. The number of hydrogen-bond acceptors (Lipinski definition) is 4. The molecule has 35 heavy (non-hydrogen) atoms. The van der Waals surface area contributed by atoms with Crippen molar-refractivity contribution in [1.29, 1.82) is 0 Å². The van der Waals surface area contributed by atoms with E-state index in [1.54, 1.807) is 6.92 Å². The average molecular weight is 479 g/mol. The summed E-state index contributed by atoms with van der Waals surface area (Å²) >= 11 is 0. The van der Waals surface area contributed by atoms with Gasteiger partial charge in [0.1, 0.15) is 12.6 Å². The van der Waals surface area contributed by atoms with E-state index in [1.165, 1.54) is 4.90 Å². The lowest BCUT2D eigenvalue weighted by molar-refractivity contribution is -0.150. The Balaban J connectivity index is 1.39. The van der Waals surface area contributed by atoms with Gasteiger partial charge in [-0.05, 0) is 48.4 Å². The Morgan fingerprint density at radius 3 is 2.20 bits per heavy atom. The van der Waals surface area contributed by atoms with Gasteiger partial charge in [-0.25, -0.2) is 9.59 Å². The van der Waals surface area contributed by atoms with Crippen LogP contribution >= 0.6 is 0 Å². The zero-order valence-electron chi connectivity index (χ0n) is 20.4. The van der Waals surface area contributed by atoms with Crippen molar-refractivity contribution in [2.45, 2.75) is 76.4 Å². The van der Waals surface area contributed by atoms with E-state index in [-0.39, 0.29) is 30.9 Å². The predicted molar refractivity (Wildman–Crippen MR) is 133 cm³/mol. The maximum atomic E-state index is 13.0. The van der Waals surface area contributed by atoms with E-state index in [2.05, 4.69) is 36.5 Å². The summed E-state index contributed by atoms with van der Waals surface area (Å²) in [6.07, 6.45) is 3.56. The number of rotatable bonds is 11. The first kappa shape index (κ1) is 24.8. The molecule has 2 aliphatic carbocycles. The summed E-state index contributed by atoms with van der Waals surface area (Å²) in [7, 11) is 0. The van der Waals surface area contributed by atoms with Gasteiger partial charge in [0.05, 0.1) is 0 Å². The fourth-order valence-electron chi connectivity index (χ4n) is 5.01. The van der Waals surface area contributed by atoms with Crippen LogP contribution in [0.2, 0.25) is 0 Å². The molecule has 4 rings (SSSR count). The molecule has 2 N–H and O–H groups in total. The molecule has 2 amide bonds. The molecule has 0 spiro atoms. The van der Waals surface area contributed by atoms with Crippen LogP contribution in [0.15, 0.2) is 48.5 Å². The second-order valence-electron chi connectivity index (χ2n) is 9.56. The third kappa shape index (κ3) is 5.66. The maximum Gasteiger partial charge on any atom is 0.407 e. The summed E-state index contributed by atoms with van der Waals surface area (Å²) in [5, 5.41) is 12.3. The summed E-state index contributed by atoms with van der Waals surface area (Å²) in [6.45, 7) is 3.80. The molecule has 0 radical (unpaired) electrons. The minimum absolute atomic E-state index is 0.0186. The first-order valence-electron chi connectivity index (χ1n) is 12.6. The standard InChI is InChI=1S/C28H34N2O5/c1-3-4-9-19(16-26(31)30(20-14-15-20)18(2)27(32)33)29-28(34)35-17-25-23-12-7-5-10-21(23)22-11-6-8-13-24(22)25/h5-8,10-13,18-20,25H,3-4,9,14-17H2,1-2H3,(H,29,34)(H,32,33)/t18?,19-/m0/s1. The Labute approximate surface area is 206 Å². The maximum absolute atomic E-state index is 13.0. The van der Waals surface area contributed by atoms with Gasteiger partial charge >= 0.3 is 12.1 Å². The van der Waals surface area contributed by atoms with E-state index >= 15 is 0 Å². The number of carboxylic acids is 1. The quantitative estimate of drug-likeness (QED) is 0.477. The van der Waals surface area contributed by atoms with E-state index in [0.29, 0.717) is 6.42 Å². The number of amides is 2. The molecule has 0 heterocycles. The molecule has 0 aromatic heterocycles. The lowest BCUT2D eigenvalue weighted by Gasteiger charge is -2.28. The van der Waals surface area contributed by atoms with Crippen molar-refractivity contribution in [3.63, 3.8) is 0 Å². The second kappa shape index (κ2) is 10.9. The van der Waals surface area contributed by atoms with E-state index in [1.807, 2.05) is 24.3 Å². The molecule has 2 atom stereocenters. The number of nitrogens with one attached hydrogen (secondary N) is 1. The van der Waals surface area contributed by atoms with Crippen molar-refractivity contribution in [2.24, 2.45) is 0 Å². The molecule has 2 aliphatic rings. The van der Waals surface area contributed by atoms with E-state index in [0.717, 1.165) is 47.9 Å². The van der Waals surface area contributed by atoms with Crippen LogP contribution in [-0.2, 0) is 14.3 Å². The lowest BCUT2D eigenvalue weighted by atomic mass is 9.98. The molecule has 186 valence electrons. The van der Waals surface area contributed by atoms with Crippen LogP contribution in [0.25, 0.3) is 11.1 Å². The third-order valence-corrected chi connectivity index (χ3v) is 7.00. The molecule has 7 nitrogen and oxygen atoms in total. The fraction of sp³-hybridized carbons (Fsp3) is 0.464. The van der Waals surface area contributed by atoms with Gasteiger partial charge < -0.3 is 20.1 Å². The molecule has 1 fully saturated rings. The molecule has 2 aromatic carbocycles. The van der Waals surface area contributed by atoms with Crippen LogP contribution in [0, 0.1) is 0 Å². The summed E-state index contributed by atoms with van der Waals surface area (Å²) in [5.41, 5.74) is 4.61. The Hall–Kier alpha value is -3.35. The van der Waals surface area contributed by atoms with Crippen LogP contribution in [0.3, 0.4) is 0 Å². The second-order valence-corrected chi connectivity index (χ2v) is 9.56. The van der Waals surface area contributed by atoms with Crippen LogP contribution < -0.4 is 5.32 Å². The number of nitrogens with zero attached hydrogens (tertiary/aromatic N) is 1. The van der Waals surface area contributed by atoms with Gasteiger partial charge in [0.15, 0.2) is 0 Å². The number of benzene rings is 2. The topological polar surface area (TPSA) is 95.9 Å². The van der Waals surface area contributed by atoms with Gasteiger partial charge in [0, 0.05) is 24.4 Å². The number of carbonyl (C=O) groups excluding carboxylic acids is 2. The Morgan fingerprint density at radius 1 is 1.06 bits per heavy atom. The Morgan fingerprint density at radius 2 is 1.66 bits per heavy atom. The van der Waals surface area contributed by atoms with E-state index in [9.17, 15) is 19.5 Å². The van der Waals surface area contributed by atoms with E-state index in [4.69, 9.17) is 4.74 Å². The molecular formula is C28H34N2O5. The third-order valence-electron chi connectivity index (χ3n) is 7.00. The van der Waals surface area contributed by atoms with E-state index < -0.39 is 24.1 Å². The van der Waals surface area contributed by atoms with Crippen molar-refractivity contribution >= 4 is 18.0 Å². The molecule has 0 aliphatic heterocycles. The van der Waals surface area contributed by atoms with Crippen molar-refractivity contribution in [1.82, 2.24) is 10.2 Å².